The molecule has 1 aliphatic heterocycles. The van der Waals surface area contributed by atoms with Crippen LogP contribution in [0.3, 0.4) is 0 Å². The summed E-state index contributed by atoms with van der Waals surface area (Å²) in [4.78, 5) is 39.8. The number of carbonyl (C=O) groups excluding carboxylic acids is 3. The lowest BCUT2D eigenvalue weighted by Gasteiger charge is -2.27. The zero-order valence-corrected chi connectivity index (χ0v) is 21.5. The number of anilines is 2. The van der Waals surface area contributed by atoms with Gasteiger partial charge >= 0.3 is 0 Å². The Morgan fingerprint density at radius 2 is 1.65 bits per heavy atom. The molecule has 2 N–H and O–H groups in total. The fourth-order valence-corrected chi connectivity index (χ4v) is 4.44. The van der Waals surface area contributed by atoms with Crippen molar-refractivity contribution in [1.82, 2.24) is 0 Å². The number of ether oxygens (including phenoxy) is 1. The first-order chi connectivity index (χ1) is 17.5. The highest BCUT2D eigenvalue weighted by atomic mass is 16.5. The number of hydrogen-bond donors (Lipinski definition) is 2. The first kappa shape index (κ1) is 25.7. The molecule has 1 fully saturated rings. The summed E-state index contributed by atoms with van der Waals surface area (Å²) in [6, 6.07) is 20.2. The van der Waals surface area contributed by atoms with E-state index in [1.54, 1.807) is 48.5 Å². The minimum atomic E-state index is -0.882. The molecular weight excluding hydrogens is 468 g/mol. The highest BCUT2D eigenvalue weighted by Gasteiger charge is 2.47. The van der Waals surface area contributed by atoms with Gasteiger partial charge in [-0.3, -0.25) is 19.3 Å². The predicted molar refractivity (Wildman–Crippen MR) is 144 cm³/mol. The average Bonchev–Trinajstić information content (AvgIpc) is 3.13. The molecule has 0 spiro atoms. The normalized spacial score (nSPS) is 17.1. The molecule has 0 aliphatic carbocycles. The summed E-state index contributed by atoms with van der Waals surface area (Å²) in [7, 11) is 1.51. The van der Waals surface area contributed by atoms with E-state index in [1.165, 1.54) is 18.9 Å². The molecule has 1 atom stereocenters. The fourth-order valence-electron chi connectivity index (χ4n) is 4.44. The van der Waals surface area contributed by atoms with Crippen molar-refractivity contribution in [3.63, 3.8) is 0 Å². The third kappa shape index (κ3) is 5.11. The lowest BCUT2D eigenvalue weighted by Crippen LogP contribution is -2.29. The second-order valence-electron chi connectivity index (χ2n) is 10.0. The van der Waals surface area contributed by atoms with E-state index in [9.17, 15) is 19.5 Å². The first-order valence-electron chi connectivity index (χ1n) is 11.9. The van der Waals surface area contributed by atoms with Gasteiger partial charge in [-0.1, -0.05) is 63.2 Å². The Morgan fingerprint density at radius 1 is 0.973 bits per heavy atom. The topological polar surface area (TPSA) is 95.9 Å². The van der Waals surface area contributed by atoms with Gasteiger partial charge in [0.2, 0.25) is 5.91 Å². The van der Waals surface area contributed by atoms with Crippen LogP contribution in [0.4, 0.5) is 11.4 Å². The van der Waals surface area contributed by atoms with E-state index in [0.717, 1.165) is 5.56 Å². The summed E-state index contributed by atoms with van der Waals surface area (Å²) in [5.41, 5.74) is 2.92. The van der Waals surface area contributed by atoms with E-state index in [2.05, 4.69) is 26.1 Å². The van der Waals surface area contributed by atoms with Crippen LogP contribution >= 0.6 is 0 Å². The number of aliphatic hydroxyl groups is 1. The molecule has 2 amide bonds. The Balaban J connectivity index is 1.92. The van der Waals surface area contributed by atoms with E-state index in [-0.39, 0.29) is 22.7 Å². The van der Waals surface area contributed by atoms with Crippen LogP contribution in [-0.4, -0.2) is 29.8 Å². The summed E-state index contributed by atoms with van der Waals surface area (Å²) in [5.74, 6) is -1.61. The van der Waals surface area contributed by atoms with Crippen LogP contribution in [0.5, 0.6) is 5.75 Å². The number of aliphatic hydroxyl groups excluding tert-OH is 1. The van der Waals surface area contributed by atoms with Crippen LogP contribution in [-0.2, 0) is 19.8 Å². The number of amides is 2. The highest BCUT2D eigenvalue weighted by molar-refractivity contribution is 6.51. The molecule has 0 aromatic heterocycles. The number of nitrogens with zero attached hydrogens (tertiary/aromatic N) is 1. The standard InChI is InChI=1S/C30H30N2O5/c1-18(33)31-22-9-7-10-23(17-22)32-26(19-12-14-21(15-13-19)30(2,3)4)25(28(35)29(32)36)27(34)20-8-6-11-24(16-20)37-5/h6-17,26,34H,1-5H3,(H,31,33)/b27-25+. The maximum absolute atomic E-state index is 13.4. The molecule has 7 heteroatoms. The molecule has 1 saturated heterocycles. The number of ketones is 1. The van der Waals surface area contributed by atoms with Crippen LogP contribution in [0.25, 0.3) is 5.76 Å². The van der Waals surface area contributed by atoms with E-state index in [0.29, 0.717) is 28.3 Å². The monoisotopic (exact) mass is 498 g/mol. The van der Waals surface area contributed by atoms with Crippen molar-refractivity contribution in [2.75, 3.05) is 17.3 Å². The van der Waals surface area contributed by atoms with Crippen LogP contribution in [0.15, 0.2) is 78.4 Å². The second-order valence-corrected chi connectivity index (χ2v) is 10.0. The van der Waals surface area contributed by atoms with Gasteiger partial charge in [-0.2, -0.15) is 0 Å². The number of Topliss-reactive ketones (excluding diaryl/α,β-unsaturated/α-hetero) is 1. The van der Waals surface area contributed by atoms with Gasteiger partial charge in [0.05, 0.1) is 18.7 Å². The molecule has 0 saturated carbocycles. The smallest absolute Gasteiger partial charge is 0.300 e. The Hall–Kier alpha value is -4.39. The molecule has 3 aromatic carbocycles. The van der Waals surface area contributed by atoms with Gasteiger partial charge in [0.15, 0.2) is 0 Å². The Kier molecular flexibility index (Phi) is 6.90. The third-order valence-corrected chi connectivity index (χ3v) is 6.32. The van der Waals surface area contributed by atoms with Crippen molar-refractivity contribution < 1.29 is 24.2 Å². The maximum Gasteiger partial charge on any atom is 0.300 e. The molecule has 1 unspecified atom stereocenters. The van der Waals surface area contributed by atoms with E-state index < -0.39 is 17.7 Å². The third-order valence-electron chi connectivity index (χ3n) is 6.32. The zero-order valence-electron chi connectivity index (χ0n) is 21.5. The highest BCUT2D eigenvalue weighted by Crippen LogP contribution is 2.43. The minimum Gasteiger partial charge on any atom is -0.507 e. The van der Waals surface area contributed by atoms with Crippen molar-refractivity contribution in [3.05, 3.63) is 95.1 Å². The summed E-state index contributed by atoms with van der Waals surface area (Å²) < 4.78 is 5.28. The van der Waals surface area contributed by atoms with Gasteiger partial charge in [0, 0.05) is 23.9 Å². The van der Waals surface area contributed by atoms with Crippen molar-refractivity contribution in [2.45, 2.75) is 39.2 Å². The van der Waals surface area contributed by atoms with E-state index in [1.807, 2.05) is 24.3 Å². The SMILES string of the molecule is COc1cccc(/C(O)=C2\C(=O)C(=O)N(c3cccc(NC(C)=O)c3)C2c2ccc(C(C)(C)C)cc2)c1. The number of benzene rings is 3. The molecular formula is C30H30N2O5. The number of rotatable bonds is 5. The lowest BCUT2D eigenvalue weighted by molar-refractivity contribution is -0.132. The summed E-state index contributed by atoms with van der Waals surface area (Å²) >= 11 is 0. The molecule has 190 valence electrons. The number of nitrogens with one attached hydrogen (secondary N) is 1. The molecule has 4 rings (SSSR count). The Labute approximate surface area is 216 Å². The van der Waals surface area contributed by atoms with Gasteiger partial charge in [-0.15, -0.1) is 0 Å². The van der Waals surface area contributed by atoms with Crippen LogP contribution in [0, 0.1) is 0 Å². The molecule has 0 radical (unpaired) electrons. The second kappa shape index (κ2) is 9.93. The number of carbonyl (C=O) groups is 3. The molecule has 3 aromatic rings. The minimum absolute atomic E-state index is 0.0216. The van der Waals surface area contributed by atoms with E-state index in [4.69, 9.17) is 4.74 Å². The van der Waals surface area contributed by atoms with Crippen molar-refractivity contribution in [3.8, 4) is 5.75 Å². The molecule has 1 heterocycles. The summed E-state index contributed by atoms with van der Waals surface area (Å²) in [6.07, 6.45) is 0. The van der Waals surface area contributed by atoms with Crippen LogP contribution in [0.1, 0.15) is 50.4 Å². The fraction of sp³-hybridized carbons (Fsp3) is 0.233. The van der Waals surface area contributed by atoms with Gasteiger partial charge in [-0.25, -0.2) is 0 Å². The maximum atomic E-state index is 13.4. The number of hydrogen-bond acceptors (Lipinski definition) is 5. The quantitative estimate of drug-likeness (QED) is 0.272. The first-order valence-corrected chi connectivity index (χ1v) is 11.9. The summed E-state index contributed by atoms with van der Waals surface area (Å²) in [6.45, 7) is 7.70. The predicted octanol–water partition coefficient (Wildman–Crippen LogP) is 5.58. The average molecular weight is 499 g/mol. The van der Waals surface area contributed by atoms with Crippen molar-refractivity contribution in [2.24, 2.45) is 0 Å². The van der Waals surface area contributed by atoms with Crippen LogP contribution < -0.4 is 15.0 Å². The Bertz CT molecular complexity index is 1400. The Morgan fingerprint density at radius 3 is 2.27 bits per heavy atom. The van der Waals surface area contributed by atoms with Crippen molar-refractivity contribution >= 4 is 34.7 Å². The summed E-state index contributed by atoms with van der Waals surface area (Å²) in [5, 5.41) is 14.1. The van der Waals surface area contributed by atoms with Gasteiger partial charge < -0.3 is 15.2 Å². The van der Waals surface area contributed by atoms with E-state index >= 15 is 0 Å². The molecule has 37 heavy (non-hydrogen) atoms. The molecule has 7 nitrogen and oxygen atoms in total. The van der Waals surface area contributed by atoms with Gasteiger partial charge in [0.1, 0.15) is 11.5 Å². The van der Waals surface area contributed by atoms with Gasteiger partial charge in [-0.05, 0) is 46.9 Å². The van der Waals surface area contributed by atoms with Crippen LogP contribution in [0.2, 0.25) is 0 Å². The molecule has 1 aliphatic rings. The lowest BCUT2D eigenvalue weighted by atomic mass is 9.85. The van der Waals surface area contributed by atoms with Crippen molar-refractivity contribution in [1.29, 1.82) is 0 Å². The largest absolute Gasteiger partial charge is 0.507 e. The molecule has 0 bridgehead atoms. The van der Waals surface area contributed by atoms with Gasteiger partial charge in [0.25, 0.3) is 11.7 Å². The zero-order chi connectivity index (χ0) is 26.9. The number of methoxy groups -OCH3 is 1.